The lowest BCUT2D eigenvalue weighted by molar-refractivity contribution is -0.133. The molecular weight excluding hydrogens is 266 g/mol. The summed E-state index contributed by atoms with van der Waals surface area (Å²) >= 11 is 0. The molecule has 110 valence electrons. The molecule has 0 fully saturated rings. The molecular formula is C17H19NO3. The molecule has 0 aromatic heterocycles. The van der Waals surface area contributed by atoms with Gasteiger partial charge in [-0.05, 0) is 5.56 Å². The van der Waals surface area contributed by atoms with Crippen molar-refractivity contribution in [2.24, 2.45) is 0 Å². The molecule has 0 heterocycles. The summed E-state index contributed by atoms with van der Waals surface area (Å²) in [4.78, 5) is 12.0. The van der Waals surface area contributed by atoms with Crippen LogP contribution in [0.1, 0.15) is 17.4 Å². The molecule has 2 atom stereocenters. The first-order valence-corrected chi connectivity index (χ1v) is 6.81. The number of hydrogen-bond acceptors (Lipinski definition) is 3. The molecule has 0 aliphatic rings. The van der Waals surface area contributed by atoms with Crippen LogP contribution in [-0.4, -0.2) is 24.2 Å². The highest BCUT2D eigenvalue weighted by Gasteiger charge is 2.20. The predicted octanol–water partition coefficient (Wildman–Crippen LogP) is 2.05. The fraction of sp³-hybridized carbons (Fsp3) is 0.235. The largest absolute Gasteiger partial charge is 0.383 e. The maximum atomic E-state index is 12.0. The molecule has 4 nitrogen and oxygen atoms in total. The maximum absolute atomic E-state index is 12.0. The van der Waals surface area contributed by atoms with E-state index in [4.69, 9.17) is 4.74 Å². The fourth-order valence-corrected chi connectivity index (χ4v) is 2.06. The van der Waals surface area contributed by atoms with Crippen LogP contribution >= 0.6 is 0 Å². The van der Waals surface area contributed by atoms with E-state index in [2.05, 4.69) is 5.32 Å². The molecule has 0 saturated heterocycles. The second-order valence-electron chi connectivity index (χ2n) is 4.74. The summed E-state index contributed by atoms with van der Waals surface area (Å²) in [6, 6.07) is 18.7. The van der Waals surface area contributed by atoms with Crippen molar-refractivity contribution < 1.29 is 14.6 Å². The summed E-state index contributed by atoms with van der Waals surface area (Å²) in [6.45, 7) is 0. The monoisotopic (exact) mass is 285 g/mol. The minimum atomic E-state index is -1.10. The van der Waals surface area contributed by atoms with Crippen LogP contribution in [0.2, 0.25) is 0 Å². The molecule has 0 bridgehead atoms. The normalized spacial score (nSPS) is 13.4. The van der Waals surface area contributed by atoms with Crippen molar-refractivity contribution in [1.29, 1.82) is 0 Å². The van der Waals surface area contributed by atoms with Crippen molar-refractivity contribution in [3.05, 3.63) is 71.8 Å². The molecule has 2 aromatic rings. The molecule has 0 radical (unpaired) electrons. The Morgan fingerprint density at radius 2 is 1.67 bits per heavy atom. The van der Waals surface area contributed by atoms with Crippen molar-refractivity contribution in [3.63, 3.8) is 0 Å². The van der Waals surface area contributed by atoms with E-state index >= 15 is 0 Å². The number of rotatable bonds is 6. The standard InChI is InChI=1S/C17H19NO3/c1-21-17(14-10-6-3-7-11-14)18-16(20)15(19)12-13-8-4-2-5-9-13/h2-11,15,17,19H,12H2,1H3,(H,18,20)/t15-,17+/m1/s1. The van der Waals surface area contributed by atoms with Crippen molar-refractivity contribution in [1.82, 2.24) is 5.32 Å². The summed E-state index contributed by atoms with van der Waals surface area (Å²) in [5.74, 6) is -0.449. The van der Waals surface area contributed by atoms with E-state index in [-0.39, 0.29) is 6.42 Å². The van der Waals surface area contributed by atoms with Gasteiger partial charge < -0.3 is 15.2 Å². The zero-order chi connectivity index (χ0) is 15.1. The van der Waals surface area contributed by atoms with Gasteiger partial charge in [0.05, 0.1) is 0 Å². The van der Waals surface area contributed by atoms with Crippen LogP contribution in [0.5, 0.6) is 0 Å². The SMILES string of the molecule is CO[C@H](NC(=O)[C@H](O)Cc1ccccc1)c1ccccc1. The Bertz CT molecular complexity index is 557. The minimum Gasteiger partial charge on any atom is -0.383 e. The molecule has 0 aliphatic carbocycles. The number of methoxy groups -OCH3 is 1. The number of carbonyl (C=O) groups is 1. The lowest BCUT2D eigenvalue weighted by atomic mass is 10.1. The van der Waals surface area contributed by atoms with Gasteiger partial charge in [-0.25, -0.2) is 0 Å². The summed E-state index contributed by atoms with van der Waals surface area (Å²) in [6.07, 6.45) is -1.39. The van der Waals surface area contributed by atoms with Gasteiger partial charge in [0.25, 0.3) is 5.91 Å². The Labute approximate surface area is 124 Å². The first kappa shape index (κ1) is 15.2. The molecule has 0 aliphatic heterocycles. The van der Waals surface area contributed by atoms with Crippen LogP contribution < -0.4 is 5.32 Å². The second-order valence-corrected chi connectivity index (χ2v) is 4.74. The Hall–Kier alpha value is -2.17. The Morgan fingerprint density at radius 1 is 1.10 bits per heavy atom. The van der Waals surface area contributed by atoms with E-state index in [1.165, 1.54) is 7.11 Å². The van der Waals surface area contributed by atoms with Crippen LogP contribution in [0.25, 0.3) is 0 Å². The predicted molar refractivity (Wildman–Crippen MR) is 80.5 cm³/mol. The lowest BCUT2D eigenvalue weighted by Gasteiger charge is -2.19. The Kier molecular flexibility index (Phi) is 5.49. The molecule has 0 unspecified atom stereocenters. The third kappa shape index (κ3) is 4.41. The maximum Gasteiger partial charge on any atom is 0.251 e. The van der Waals surface area contributed by atoms with E-state index in [1.54, 1.807) is 0 Å². The van der Waals surface area contributed by atoms with Gasteiger partial charge in [-0.1, -0.05) is 60.7 Å². The van der Waals surface area contributed by atoms with Crippen molar-refractivity contribution >= 4 is 5.91 Å². The average Bonchev–Trinajstić information content (AvgIpc) is 2.54. The molecule has 0 spiro atoms. The van der Waals surface area contributed by atoms with E-state index in [0.717, 1.165) is 11.1 Å². The van der Waals surface area contributed by atoms with Crippen molar-refractivity contribution in [2.45, 2.75) is 18.8 Å². The third-order valence-electron chi connectivity index (χ3n) is 3.19. The van der Waals surface area contributed by atoms with Crippen LogP contribution in [-0.2, 0) is 16.0 Å². The number of carbonyl (C=O) groups excluding carboxylic acids is 1. The number of aliphatic hydroxyl groups is 1. The van der Waals surface area contributed by atoms with Crippen LogP contribution in [0.15, 0.2) is 60.7 Å². The number of ether oxygens (including phenoxy) is 1. The van der Waals surface area contributed by atoms with Gasteiger partial charge in [-0.2, -0.15) is 0 Å². The topological polar surface area (TPSA) is 58.6 Å². The molecule has 1 amide bonds. The molecule has 2 N–H and O–H groups in total. The van der Waals surface area contributed by atoms with Crippen molar-refractivity contribution in [3.8, 4) is 0 Å². The van der Waals surface area contributed by atoms with E-state index in [1.807, 2.05) is 60.7 Å². The summed E-state index contributed by atoms with van der Waals surface area (Å²) in [5.41, 5.74) is 1.74. The highest BCUT2D eigenvalue weighted by molar-refractivity contribution is 5.81. The zero-order valence-corrected chi connectivity index (χ0v) is 11.9. The van der Waals surface area contributed by atoms with Gasteiger partial charge in [0.15, 0.2) is 6.23 Å². The van der Waals surface area contributed by atoms with Gasteiger partial charge in [0.2, 0.25) is 0 Å². The number of benzene rings is 2. The Morgan fingerprint density at radius 3 is 2.24 bits per heavy atom. The lowest BCUT2D eigenvalue weighted by Crippen LogP contribution is -2.38. The van der Waals surface area contributed by atoms with Crippen LogP contribution in [0.4, 0.5) is 0 Å². The molecule has 0 saturated carbocycles. The smallest absolute Gasteiger partial charge is 0.251 e. The summed E-state index contributed by atoms with van der Waals surface area (Å²) in [5, 5.41) is 12.7. The van der Waals surface area contributed by atoms with Crippen LogP contribution in [0.3, 0.4) is 0 Å². The first-order chi connectivity index (χ1) is 10.2. The van der Waals surface area contributed by atoms with E-state index in [0.29, 0.717) is 0 Å². The second kappa shape index (κ2) is 7.57. The molecule has 2 rings (SSSR count). The molecule has 4 heteroatoms. The fourth-order valence-electron chi connectivity index (χ4n) is 2.06. The van der Waals surface area contributed by atoms with Gasteiger partial charge in [-0.3, -0.25) is 4.79 Å². The summed E-state index contributed by atoms with van der Waals surface area (Å²) in [7, 11) is 1.52. The van der Waals surface area contributed by atoms with Gasteiger partial charge in [0, 0.05) is 19.1 Å². The van der Waals surface area contributed by atoms with Gasteiger partial charge >= 0.3 is 0 Å². The number of hydrogen-bond donors (Lipinski definition) is 2. The van der Waals surface area contributed by atoms with E-state index in [9.17, 15) is 9.90 Å². The highest BCUT2D eigenvalue weighted by Crippen LogP contribution is 2.13. The number of amides is 1. The van der Waals surface area contributed by atoms with Crippen LogP contribution in [0, 0.1) is 0 Å². The average molecular weight is 285 g/mol. The first-order valence-electron chi connectivity index (χ1n) is 6.81. The van der Waals surface area contributed by atoms with E-state index < -0.39 is 18.2 Å². The minimum absolute atomic E-state index is 0.276. The zero-order valence-electron chi connectivity index (χ0n) is 11.9. The summed E-state index contributed by atoms with van der Waals surface area (Å²) < 4.78 is 5.26. The Balaban J connectivity index is 1.96. The quantitative estimate of drug-likeness (QED) is 0.799. The van der Waals surface area contributed by atoms with Gasteiger partial charge in [0.1, 0.15) is 6.10 Å². The number of aliphatic hydroxyl groups excluding tert-OH is 1. The highest BCUT2D eigenvalue weighted by atomic mass is 16.5. The van der Waals surface area contributed by atoms with Crippen molar-refractivity contribution in [2.75, 3.05) is 7.11 Å². The third-order valence-corrected chi connectivity index (χ3v) is 3.19. The number of nitrogens with one attached hydrogen (secondary N) is 1. The molecule has 21 heavy (non-hydrogen) atoms. The van der Waals surface area contributed by atoms with Gasteiger partial charge in [-0.15, -0.1) is 0 Å². The molecule has 2 aromatic carbocycles.